The van der Waals surface area contributed by atoms with Gasteiger partial charge in [-0.05, 0) is 274 Å². The summed E-state index contributed by atoms with van der Waals surface area (Å²) < 4.78 is 15.5. The van der Waals surface area contributed by atoms with E-state index in [9.17, 15) is 0 Å². The third kappa shape index (κ3) is 20.8. The molecule has 0 aliphatic carbocycles. The van der Waals surface area contributed by atoms with Crippen molar-refractivity contribution in [3.8, 4) is 146 Å². The second kappa shape index (κ2) is 42.7. The van der Waals surface area contributed by atoms with E-state index >= 15 is 0 Å². The number of para-hydroxylation sites is 2. The van der Waals surface area contributed by atoms with Crippen molar-refractivity contribution >= 4 is 55.0 Å². The molecule has 0 fully saturated rings. The van der Waals surface area contributed by atoms with Crippen LogP contribution < -0.4 is 19.3 Å². The number of anilines is 2. The van der Waals surface area contributed by atoms with Crippen molar-refractivity contribution in [1.29, 1.82) is 0 Å². The SMILES string of the molecule is CCCCN(CCCC)c1ccc(-c2cc(-c3ccccc3)nc(-c3ccccn3)c2)cc1.CCN(CC)c1ccc(-c2cc(-c3ccccc3)nc(-c3ccccn3)c2)cc1.CCn1c2ccccc2c2cc(-c3cc(-c4ccc(C)cc4)nc(-c4ccc(OC)cc4)c3)ccc21.CCn1c2ccccc2c2cc(-c3cc(-c4ccccc4)nc(-c4ccc(OC)cc4)c3)ccc21. The van der Waals surface area contributed by atoms with Crippen LogP contribution in [0.3, 0.4) is 0 Å². The molecule has 0 atom stereocenters. The Bertz CT molecular complexity index is 7130. The topological polar surface area (TPSA) is 112 Å². The average molecular weight is 1740 g/mol. The van der Waals surface area contributed by atoms with Crippen LogP contribution in [-0.2, 0) is 13.1 Å². The van der Waals surface area contributed by atoms with Crippen molar-refractivity contribution in [2.45, 2.75) is 87.2 Å². The number of methoxy groups -OCH3 is 2. The predicted molar refractivity (Wildman–Crippen MR) is 559 cm³/mol. The van der Waals surface area contributed by atoms with Gasteiger partial charge in [-0.25, -0.2) is 19.9 Å². The number of aromatic nitrogens is 8. The molecule has 0 aliphatic rings. The second-order valence-corrected chi connectivity index (χ2v) is 33.3. The Morgan fingerprint density at radius 3 is 0.872 bits per heavy atom. The molecule has 20 rings (SSSR count). The molecule has 0 bridgehead atoms. The number of pyridine rings is 6. The maximum Gasteiger partial charge on any atom is 0.118 e. The summed E-state index contributed by atoms with van der Waals surface area (Å²) in [6.07, 6.45) is 8.52. The summed E-state index contributed by atoms with van der Waals surface area (Å²) in [6.45, 7) is 21.5. The van der Waals surface area contributed by atoms with Crippen LogP contribution in [0.2, 0.25) is 0 Å². The minimum absolute atomic E-state index is 0.839. The number of nitrogens with zero attached hydrogens (tertiary/aromatic N) is 10. The number of hydrogen-bond donors (Lipinski definition) is 0. The Balaban J connectivity index is 0.000000124. The standard InChI is InChI=1S/C33H28N2O.C32H26N2O.C30H33N3.C26H25N3/c1-4-35-32-8-6-5-7-28(32)29-19-25(15-18-33(29)35)26-20-30(23-11-9-22(2)10-12-23)34-31(21-26)24-13-16-27(36-3)17-14-24;1-3-34-31-12-8-7-11-27(31)28-19-24(15-18-32(28)34)25-20-29(22-9-5-4-6-10-22)33-30(21-25)23-13-16-26(35-2)17-14-23;1-3-5-20-33(21-6-4-2)27-17-15-24(16-18-27)26-22-29(25-12-8-7-9-13-25)32-30(23-26)28-14-10-11-19-31-28;1-3-29(4-2)23-15-13-20(14-16-23)22-18-25(21-10-6-5-7-11-21)28-26(19-22)24-12-8-9-17-27-24/h5-21H,4H2,1-3H3;4-21H,3H2,1-2H3;7-19,22-23H,3-6,20-21H2,1-2H3;5-19H,3-4H2,1-2H3. The highest BCUT2D eigenvalue weighted by atomic mass is 16.5. The van der Waals surface area contributed by atoms with E-state index in [1.165, 1.54) is 108 Å². The zero-order valence-corrected chi connectivity index (χ0v) is 77.4. The van der Waals surface area contributed by atoms with Crippen LogP contribution >= 0.6 is 0 Å². The smallest absolute Gasteiger partial charge is 0.118 e. The van der Waals surface area contributed by atoms with Gasteiger partial charge in [0.2, 0.25) is 0 Å². The van der Waals surface area contributed by atoms with E-state index < -0.39 is 0 Å². The molecule has 12 aromatic carbocycles. The third-order valence-electron chi connectivity index (χ3n) is 24.8. The summed E-state index contributed by atoms with van der Waals surface area (Å²) in [5, 5.41) is 5.15. The van der Waals surface area contributed by atoms with E-state index in [2.05, 4.69) is 369 Å². The molecule has 8 heterocycles. The van der Waals surface area contributed by atoms with Gasteiger partial charge in [-0.1, -0.05) is 232 Å². The molecule has 658 valence electrons. The molecule has 12 heteroatoms. The molecule has 0 saturated carbocycles. The van der Waals surface area contributed by atoms with Gasteiger partial charge < -0.3 is 28.4 Å². The van der Waals surface area contributed by atoms with E-state index in [4.69, 9.17) is 29.4 Å². The molecule has 20 aromatic rings. The number of rotatable bonds is 26. The molecular formula is C121H112N10O2. The van der Waals surface area contributed by atoms with Gasteiger partial charge in [-0.3, -0.25) is 9.97 Å². The number of hydrogen-bond acceptors (Lipinski definition) is 10. The van der Waals surface area contributed by atoms with Crippen LogP contribution in [0.15, 0.2) is 395 Å². The van der Waals surface area contributed by atoms with Crippen molar-refractivity contribution in [3.63, 3.8) is 0 Å². The highest BCUT2D eigenvalue weighted by Gasteiger charge is 2.20. The van der Waals surface area contributed by atoms with Crippen molar-refractivity contribution < 1.29 is 9.47 Å². The minimum atomic E-state index is 0.839. The molecule has 0 saturated heterocycles. The first-order valence-electron chi connectivity index (χ1n) is 46.6. The number of aryl methyl sites for hydroxylation is 3. The van der Waals surface area contributed by atoms with E-state index in [1.807, 2.05) is 103 Å². The summed E-state index contributed by atoms with van der Waals surface area (Å²) in [6, 6.07) is 134. The summed E-state index contributed by atoms with van der Waals surface area (Å²) in [5.41, 5.74) is 34.1. The average Bonchev–Trinajstić information content (AvgIpc) is 1.61. The Kier molecular flexibility index (Phi) is 28.7. The lowest BCUT2D eigenvalue weighted by Crippen LogP contribution is -2.25. The Morgan fingerprint density at radius 2 is 0.534 bits per heavy atom. The molecule has 0 radical (unpaired) electrons. The zero-order chi connectivity index (χ0) is 91.4. The van der Waals surface area contributed by atoms with E-state index in [-0.39, 0.29) is 0 Å². The Labute approximate surface area is 782 Å². The first kappa shape index (κ1) is 89.3. The Hall–Kier alpha value is -15.7. The van der Waals surface area contributed by atoms with Crippen LogP contribution in [0.1, 0.15) is 72.8 Å². The summed E-state index contributed by atoms with van der Waals surface area (Å²) >= 11 is 0. The van der Waals surface area contributed by atoms with Gasteiger partial charge in [0.1, 0.15) is 11.5 Å². The van der Waals surface area contributed by atoms with E-state index in [0.29, 0.717) is 0 Å². The molecule has 0 unspecified atom stereocenters. The van der Waals surface area contributed by atoms with E-state index in [1.54, 1.807) is 14.2 Å². The summed E-state index contributed by atoms with van der Waals surface area (Å²) in [7, 11) is 3.38. The summed E-state index contributed by atoms with van der Waals surface area (Å²) in [5.74, 6) is 1.68. The van der Waals surface area contributed by atoms with Crippen LogP contribution in [0, 0.1) is 6.92 Å². The van der Waals surface area contributed by atoms with Crippen LogP contribution in [-0.4, -0.2) is 79.4 Å². The third-order valence-corrected chi connectivity index (χ3v) is 24.8. The van der Waals surface area contributed by atoms with Gasteiger partial charge >= 0.3 is 0 Å². The van der Waals surface area contributed by atoms with Crippen molar-refractivity contribution in [3.05, 3.63) is 400 Å². The van der Waals surface area contributed by atoms with Gasteiger partial charge in [-0.15, -0.1) is 0 Å². The lowest BCUT2D eigenvalue weighted by atomic mass is 9.98. The molecule has 0 N–H and O–H groups in total. The van der Waals surface area contributed by atoms with Crippen LogP contribution in [0.25, 0.3) is 178 Å². The fraction of sp³-hybridized carbons (Fsp3) is 0.157. The number of benzene rings is 12. The number of ether oxygens (including phenoxy) is 2. The van der Waals surface area contributed by atoms with Crippen molar-refractivity contribution in [2.24, 2.45) is 0 Å². The van der Waals surface area contributed by atoms with Crippen LogP contribution in [0.5, 0.6) is 11.5 Å². The maximum absolute atomic E-state index is 5.37. The zero-order valence-electron chi connectivity index (χ0n) is 77.4. The van der Waals surface area contributed by atoms with Gasteiger partial charge in [-0.2, -0.15) is 0 Å². The molecule has 133 heavy (non-hydrogen) atoms. The van der Waals surface area contributed by atoms with Crippen LogP contribution in [0.4, 0.5) is 11.4 Å². The largest absolute Gasteiger partial charge is 0.497 e. The predicted octanol–water partition coefficient (Wildman–Crippen LogP) is 31.0. The quantitative estimate of drug-likeness (QED) is 0.0519. The molecule has 0 amide bonds. The Morgan fingerprint density at radius 1 is 0.241 bits per heavy atom. The monoisotopic (exact) mass is 1740 g/mol. The molecule has 8 aromatic heterocycles. The molecule has 12 nitrogen and oxygen atoms in total. The lowest BCUT2D eigenvalue weighted by Gasteiger charge is -2.25. The number of fused-ring (bicyclic) bond motifs is 6. The fourth-order valence-electron chi connectivity index (χ4n) is 17.6. The van der Waals surface area contributed by atoms with Gasteiger partial charge in [0, 0.05) is 140 Å². The maximum atomic E-state index is 5.37. The van der Waals surface area contributed by atoms with E-state index in [0.717, 1.165) is 163 Å². The second-order valence-electron chi connectivity index (χ2n) is 33.3. The first-order chi connectivity index (χ1) is 65.4. The highest BCUT2D eigenvalue weighted by molar-refractivity contribution is 6.11. The van der Waals surface area contributed by atoms with Gasteiger partial charge in [0.05, 0.1) is 71.2 Å². The van der Waals surface area contributed by atoms with Gasteiger partial charge in [0.25, 0.3) is 0 Å². The highest BCUT2D eigenvalue weighted by Crippen LogP contribution is 2.41. The van der Waals surface area contributed by atoms with Gasteiger partial charge in [0.15, 0.2) is 0 Å². The fourth-order valence-corrected chi connectivity index (χ4v) is 17.6. The molecule has 0 spiro atoms. The lowest BCUT2D eigenvalue weighted by molar-refractivity contribution is 0.415. The van der Waals surface area contributed by atoms with Crippen molar-refractivity contribution in [1.82, 2.24) is 39.0 Å². The number of unbranched alkanes of at least 4 members (excludes halogenated alkanes) is 2. The molecular weight excluding hydrogens is 1630 g/mol. The summed E-state index contributed by atoms with van der Waals surface area (Å²) in [4.78, 5) is 33.9. The normalized spacial score (nSPS) is 11.0. The first-order valence-corrected chi connectivity index (χ1v) is 46.6. The molecule has 0 aliphatic heterocycles. The minimum Gasteiger partial charge on any atom is -0.497 e. The van der Waals surface area contributed by atoms with Crippen molar-refractivity contribution in [2.75, 3.05) is 50.2 Å².